The number of hydrogen-bond acceptors (Lipinski definition) is 4. The van der Waals surface area contributed by atoms with Crippen molar-refractivity contribution >= 4 is 11.4 Å². The number of pyridine rings is 1. The van der Waals surface area contributed by atoms with Crippen molar-refractivity contribution in [2.75, 3.05) is 19.0 Å². The zero-order valence-corrected chi connectivity index (χ0v) is 11.5. The van der Waals surface area contributed by atoms with E-state index in [0.29, 0.717) is 0 Å². The summed E-state index contributed by atoms with van der Waals surface area (Å²) in [6.07, 6.45) is 6.09. The lowest BCUT2D eigenvalue weighted by atomic mass is 10.2. The first-order chi connectivity index (χ1) is 9.85. The molecule has 4 nitrogen and oxygen atoms in total. The molecule has 0 atom stereocenters. The SMILES string of the molecule is COc1ccc(Nc2cccnc2)cc1OCC1CC1. The second kappa shape index (κ2) is 5.82. The summed E-state index contributed by atoms with van der Waals surface area (Å²) in [4.78, 5) is 4.09. The van der Waals surface area contributed by atoms with Crippen molar-refractivity contribution in [3.05, 3.63) is 42.7 Å². The molecule has 0 saturated heterocycles. The van der Waals surface area contributed by atoms with Crippen LogP contribution >= 0.6 is 0 Å². The molecule has 104 valence electrons. The van der Waals surface area contributed by atoms with Gasteiger partial charge in [0.1, 0.15) is 0 Å². The second-order valence-electron chi connectivity index (χ2n) is 4.99. The Morgan fingerprint density at radius 2 is 2.10 bits per heavy atom. The number of ether oxygens (including phenoxy) is 2. The van der Waals surface area contributed by atoms with Gasteiger partial charge in [0.15, 0.2) is 11.5 Å². The normalized spacial score (nSPS) is 13.8. The smallest absolute Gasteiger partial charge is 0.163 e. The fourth-order valence-electron chi connectivity index (χ4n) is 1.96. The van der Waals surface area contributed by atoms with Gasteiger partial charge in [0.2, 0.25) is 0 Å². The average molecular weight is 270 g/mol. The van der Waals surface area contributed by atoms with Crippen LogP contribution in [0, 0.1) is 5.92 Å². The van der Waals surface area contributed by atoms with E-state index in [1.165, 1.54) is 12.8 Å². The second-order valence-corrected chi connectivity index (χ2v) is 4.99. The molecule has 1 aromatic heterocycles. The zero-order chi connectivity index (χ0) is 13.8. The fourth-order valence-corrected chi connectivity index (χ4v) is 1.96. The minimum Gasteiger partial charge on any atom is -0.493 e. The van der Waals surface area contributed by atoms with Gasteiger partial charge in [-0.1, -0.05) is 0 Å². The summed E-state index contributed by atoms with van der Waals surface area (Å²) in [5, 5.41) is 3.30. The molecule has 1 saturated carbocycles. The maximum atomic E-state index is 5.85. The molecule has 3 rings (SSSR count). The first-order valence-corrected chi connectivity index (χ1v) is 6.83. The molecular formula is C16H18N2O2. The number of rotatable bonds is 6. The van der Waals surface area contributed by atoms with Crippen molar-refractivity contribution in [1.82, 2.24) is 4.98 Å². The number of anilines is 2. The number of aromatic nitrogens is 1. The summed E-state index contributed by atoms with van der Waals surface area (Å²) < 4.78 is 11.2. The van der Waals surface area contributed by atoms with E-state index in [1.807, 2.05) is 30.3 Å². The first-order valence-electron chi connectivity index (χ1n) is 6.83. The average Bonchev–Trinajstić information content (AvgIpc) is 3.31. The van der Waals surface area contributed by atoms with E-state index in [4.69, 9.17) is 9.47 Å². The van der Waals surface area contributed by atoms with Crippen LogP contribution in [0.15, 0.2) is 42.7 Å². The van der Waals surface area contributed by atoms with Gasteiger partial charge in [-0.3, -0.25) is 4.98 Å². The zero-order valence-electron chi connectivity index (χ0n) is 11.5. The lowest BCUT2D eigenvalue weighted by Gasteiger charge is -2.13. The lowest BCUT2D eigenvalue weighted by molar-refractivity contribution is 0.280. The molecule has 0 spiro atoms. The Bertz CT molecular complexity index is 568. The van der Waals surface area contributed by atoms with E-state index >= 15 is 0 Å². The summed E-state index contributed by atoms with van der Waals surface area (Å²) in [5.41, 5.74) is 1.91. The Hall–Kier alpha value is -2.23. The van der Waals surface area contributed by atoms with Crippen LogP contribution in [0.3, 0.4) is 0 Å². The summed E-state index contributed by atoms with van der Waals surface area (Å²) in [6.45, 7) is 0.771. The van der Waals surface area contributed by atoms with Crippen molar-refractivity contribution in [2.24, 2.45) is 5.92 Å². The van der Waals surface area contributed by atoms with Gasteiger partial charge in [0, 0.05) is 18.0 Å². The van der Waals surface area contributed by atoms with Crippen molar-refractivity contribution in [3.8, 4) is 11.5 Å². The number of nitrogens with zero attached hydrogens (tertiary/aromatic N) is 1. The fraction of sp³-hybridized carbons (Fsp3) is 0.312. The summed E-state index contributed by atoms with van der Waals surface area (Å²) in [7, 11) is 1.66. The van der Waals surface area contributed by atoms with Crippen LogP contribution in [0.1, 0.15) is 12.8 Å². The molecule has 20 heavy (non-hydrogen) atoms. The van der Waals surface area contributed by atoms with E-state index < -0.39 is 0 Å². The molecule has 0 amide bonds. The maximum absolute atomic E-state index is 5.85. The van der Waals surface area contributed by atoms with Gasteiger partial charge in [-0.2, -0.15) is 0 Å². The molecule has 0 radical (unpaired) electrons. The molecule has 1 N–H and O–H groups in total. The highest BCUT2D eigenvalue weighted by atomic mass is 16.5. The quantitative estimate of drug-likeness (QED) is 0.870. The molecule has 0 unspecified atom stereocenters. The van der Waals surface area contributed by atoms with E-state index in [2.05, 4.69) is 10.3 Å². The number of hydrogen-bond donors (Lipinski definition) is 1. The van der Waals surface area contributed by atoms with Crippen LogP contribution in [-0.4, -0.2) is 18.7 Å². The molecule has 1 aliphatic carbocycles. The molecule has 0 bridgehead atoms. The third kappa shape index (κ3) is 3.20. The highest BCUT2D eigenvalue weighted by Gasteiger charge is 2.22. The molecule has 1 heterocycles. The van der Waals surface area contributed by atoms with Gasteiger partial charge in [-0.25, -0.2) is 0 Å². The van der Waals surface area contributed by atoms with Gasteiger partial charge in [-0.05, 0) is 43.0 Å². The van der Waals surface area contributed by atoms with Crippen LogP contribution in [-0.2, 0) is 0 Å². The van der Waals surface area contributed by atoms with Crippen LogP contribution in [0.25, 0.3) is 0 Å². The Morgan fingerprint density at radius 3 is 2.80 bits per heavy atom. The number of methoxy groups -OCH3 is 1. The van der Waals surface area contributed by atoms with Gasteiger partial charge in [0.25, 0.3) is 0 Å². The van der Waals surface area contributed by atoms with Crippen molar-refractivity contribution in [1.29, 1.82) is 0 Å². The van der Waals surface area contributed by atoms with Crippen molar-refractivity contribution in [3.63, 3.8) is 0 Å². The maximum Gasteiger partial charge on any atom is 0.163 e. The first kappa shape index (κ1) is 12.8. The van der Waals surface area contributed by atoms with Crippen LogP contribution in [0.5, 0.6) is 11.5 Å². The largest absolute Gasteiger partial charge is 0.493 e. The molecule has 1 fully saturated rings. The van der Waals surface area contributed by atoms with E-state index in [-0.39, 0.29) is 0 Å². The molecule has 2 aromatic rings. The monoisotopic (exact) mass is 270 g/mol. The summed E-state index contributed by atoms with van der Waals surface area (Å²) in [6, 6.07) is 9.73. The predicted octanol–water partition coefficient (Wildman–Crippen LogP) is 3.62. The van der Waals surface area contributed by atoms with Gasteiger partial charge >= 0.3 is 0 Å². The highest BCUT2D eigenvalue weighted by molar-refractivity contribution is 5.62. The molecular weight excluding hydrogens is 252 g/mol. The summed E-state index contributed by atoms with van der Waals surface area (Å²) >= 11 is 0. The van der Waals surface area contributed by atoms with Crippen molar-refractivity contribution in [2.45, 2.75) is 12.8 Å². The lowest BCUT2D eigenvalue weighted by Crippen LogP contribution is -2.01. The van der Waals surface area contributed by atoms with Crippen LogP contribution < -0.4 is 14.8 Å². The number of nitrogens with one attached hydrogen (secondary N) is 1. The Balaban J connectivity index is 1.75. The van der Waals surface area contributed by atoms with E-state index in [9.17, 15) is 0 Å². The minimum absolute atomic E-state index is 0.717. The highest BCUT2D eigenvalue weighted by Crippen LogP contribution is 2.34. The standard InChI is InChI=1S/C16H18N2O2/c1-19-15-7-6-13(18-14-3-2-8-17-10-14)9-16(15)20-11-12-4-5-12/h2-3,6-10,12,18H,4-5,11H2,1H3. The van der Waals surface area contributed by atoms with E-state index in [1.54, 1.807) is 19.5 Å². The third-order valence-electron chi connectivity index (χ3n) is 3.29. The number of benzene rings is 1. The van der Waals surface area contributed by atoms with Crippen LogP contribution in [0.4, 0.5) is 11.4 Å². The summed E-state index contributed by atoms with van der Waals surface area (Å²) in [5.74, 6) is 2.27. The van der Waals surface area contributed by atoms with Gasteiger partial charge in [-0.15, -0.1) is 0 Å². The minimum atomic E-state index is 0.717. The topological polar surface area (TPSA) is 43.4 Å². The predicted molar refractivity (Wildman–Crippen MR) is 78.7 cm³/mol. The van der Waals surface area contributed by atoms with Gasteiger partial charge < -0.3 is 14.8 Å². The Kier molecular flexibility index (Phi) is 3.72. The molecule has 4 heteroatoms. The molecule has 1 aromatic carbocycles. The van der Waals surface area contributed by atoms with Crippen LogP contribution in [0.2, 0.25) is 0 Å². The van der Waals surface area contributed by atoms with Crippen molar-refractivity contribution < 1.29 is 9.47 Å². The molecule has 1 aliphatic rings. The molecule has 0 aliphatic heterocycles. The third-order valence-corrected chi connectivity index (χ3v) is 3.29. The van der Waals surface area contributed by atoms with E-state index in [0.717, 1.165) is 35.4 Å². The van der Waals surface area contributed by atoms with Gasteiger partial charge in [0.05, 0.1) is 25.6 Å². The Labute approximate surface area is 118 Å². The Morgan fingerprint density at radius 1 is 1.20 bits per heavy atom.